The van der Waals surface area contributed by atoms with Crippen molar-refractivity contribution in [3.8, 4) is 12.3 Å². The fourth-order valence-corrected chi connectivity index (χ4v) is 1.16. The van der Waals surface area contributed by atoms with Gasteiger partial charge in [0.15, 0.2) is 0 Å². The summed E-state index contributed by atoms with van der Waals surface area (Å²) >= 11 is 0. The van der Waals surface area contributed by atoms with Gasteiger partial charge in [0.05, 0.1) is 5.69 Å². The molecule has 0 spiro atoms. The summed E-state index contributed by atoms with van der Waals surface area (Å²) in [6, 6.07) is 1.74. The standard InChI is InChI=1S/C10H13N3O/c1-4-5-6-11-10(14)9-7-8(2)12-13(9)3/h1,7H,5-6H2,2-3H3,(H,11,14). The van der Waals surface area contributed by atoms with Gasteiger partial charge in [0.2, 0.25) is 0 Å². The van der Waals surface area contributed by atoms with Crippen LogP contribution in [-0.2, 0) is 7.05 Å². The lowest BCUT2D eigenvalue weighted by Gasteiger charge is -2.02. The Hall–Kier alpha value is -1.76. The molecule has 0 saturated heterocycles. The predicted octanol–water partition coefficient (Wildman–Crippen LogP) is 0.482. The van der Waals surface area contributed by atoms with E-state index in [1.165, 1.54) is 0 Å². The highest BCUT2D eigenvalue weighted by Gasteiger charge is 2.10. The van der Waals surface area contributed by atoms with Gasteiger partial charge in [0.1, 0.15) is 5.69 Å². The number of carbonyl (C=O) groups excluding carboxylic acids is 1. The number of hydrogen-bond acceptors (Lipinski definition) is 2. The summed E-state index contributed by atoms with van der Waals surface area (Å²) in [7, 11) is 1.74. The van der Waals surface area contributed by atoms with Crippen molar-refractivity contribution in [1.82, 2.24) is 15.1 Å². The molecule has 4 nitrogen and oxygen atoms in total. The third-order valence-corrected chi connectivity index (χ3v) is 1.79. The van der Waals surface area contributed by atoms with Crippen molar-refractivity contribution in [1.29, 1.82) is 0 Å². The number of rotatable bonds is 3. The Bertz CT molecular complexity index is 373. The maximum absolute atomic E-state index is 11.5. The fraction of sp³-hybridized carbons (Fsp3) is 0.400. The molecule has 0 aromatic carbocycles. The van der Waals surface area contributed by atoms with Gasteiger partial charge < -0.3 is 5.32 Å². The number of nitrogens with zero attached hydrogens (tertiary/aromatic N) is 2. The van der Waals surface area contributed by atoms with Crippen molar-refractivity contribution < 1.29 is 4.79 Å². The summed E-state index contributed by atoms with van der Waals surface area (Å²) in [5.74, 6) is 2.32. The monoisotopic (exact) mass is 191 g/mol. The van der Waals surface area contributed by atoms with E-state index < -0.39 is 0 Å². The molecule has 0 aliphatic heterocycles. The number of aromatic nitrogens is 2. The number of aryl methyl sites for hydroxylation is 2. The Morgan fingerprint density at radius 1 is 1.79 bits per heavy atom. The highest BCUT2D eigenvalue weighted by molar-refractivity contribution is 5.92. The Morgan fingerprint density at radius 3 is 3.00 bits per heavy atom. The smallest absolute Gasteiger partial charge is 0.269 e. The summed E-state index contributed by atoms with van der Waals surface area (Å²) in [5, 5.41) is 6.79. The van der Waals surface area contributed by atoms with Crippen molar-refractivity contribution >= 4 is 5.91 Å². The van der Waals surface area contributed by atoms with E-state index in [-0.39, 0.29) is 5.91 Å². The summed E-state index contributed by atoms with van der Waals surface area (Å²) in [4.78, 5) is 11.5. The SMILES string of the molecule is C#CCCNC(=O)c1cc(C)nn1C. The molecule has 74 valence electrons. The average molecular weight is 191 g/mol. The van der Waals surface area contributed by atoms with Gasteiger partial charge in [-0.1, -0.05) is 0 Å². The minimum atomic E-state index is -0.136. The fourth-order valence-electron chi connectivity index (χ4n) is 1.16. The second kappa shape index (κ2) is 4.47. The zero-order valence-corrected chi connectivity index (χ0v) is 8.37. The molecule has 0 bridgehead atoms. The van der Waals surface area contributed by atoms with Crippen molar-refractivity contribution in [3.05, 3.63) is 17.5 Å². The van der Waals surface area contributed by atoms with Crippen LogP contribution in [0.4, 0.5) is 0 Å². The van der Waals surface area contributed by atoms with Gasteiger partial charge in [-0.25, -0.2) is 0 Å². The Morgan fingerprint density at radius 2 is 2.50 bits per heavy atom. The molecule has 4 heteroatoms. The molecule has 1 aromatic rings. The summed E-state index contributed by atoms with van der Waals surface area (Å²) in [5.41, 5.74) is 1.38. The molecule has 1 amide bonds. The Balaban J connectivity index is 2.61. The summed E-state index contributed by atoms with van der Waals surface area (Å²) in [6.07, 6.45) is 5.61. The van der Waals surface area contributed by atoms with Crippen molar-refractivity contribution in [2.75, 3.05) is 6.54 Å². The first-order chi connectivity index (χ1) is 6.65. The first-order valence-electron chi connectivity index (χ1n) is 4.37. The highest BCUT2D eigenvalue weighted by Crippen LogP contribution is 2.00. The van der Waals surface area contributed by atoms with Crippen LogP contribution >= 0.6 is 0 Å². The Kier molecular flexibility index (Phi) is 3.29. The first-order valence-corrected chi connectivity index (χ1v) is 4.37. The van der Waals surface area contributed by atoms with Crippen LogP contribution < -0.4 is 5.32 Å². The van der Waals surface area contributed by atoms with Gasteiger partial charge in [-0.15, -0.1) is 12.3 Å². The maximum atomic E-state index is 11.5. The third-order valence-electron chi connectivity index (χ3n) is 1.79. The molecule has 0 fully saturated rings. The van der Waals surface area contributed by atoms with Crippen LogP contribution in [0.25, 0.3) is 0 Å². The quantitative estimate of drug-likeness (QED) is 0.558. The van der Waals surface area contributed by atoms with E-state index in [2.05, 4.69) is 16.3 Å². The second-order valence-corrected chi connectivity index (χ2v) is 3.00. The topological polar surface area (TPSA) is 46.9 Å². The van der Waals surface area contributed by atoms with Crippen LogP contribution in [0.3, 0.4) is 0 Å². The molecule has 0 atom stereocenters. The van der Waals surface area contributed by atoms with Gasteiger partial charge >= 0.3 is 0 Å². The normalized spacial score (nSPS) is 9.50. The number of terminal acetylenes is 1. The van der Waals surface area contributed by atoms with Gasteiger partial charge in [-0.3, -0.25) is 9.48 Å². The average Bonchev–Trinajstić information content (AvgIpc) is 2.45. The van der Waals surface area contributed by atoms with E-state index in [0.717, 1.165) is 5.69 Å². The highest BCUT2D eigenvalue weighted by atomic mass is 16.2. The van der Waals surface area contributed by atoms with Crippen molar-refractivity contribution in [2.24, 2.45) is 7.05 Å². The molecule has 14 heavy (non-hydrogen) atoms. The van der Waals surface area contributed by atoms with Crippen LogP contribution in [0.15, 0.2) is 6.07 Å². The van der Waals surface area contributed by atoms with E-state index in [9.17, 15) is 4.79 Å². The van der Waals surface area contributed by atoms with Crippen molar-refractivity contribution in [3.63, 3.8) is 0 Å². The molecule has 0 aliphatic carbocycles. The molecule has 0 unspecified atom stereocenters. The molecule has 1 rings (SSSR count). The zero-order valence-electron chi connectivity index (χ0n) is 8.37. The zero-order chi connectivity index (χ0) is 10.6. The van der Waals surface area contributed by atoms with Crippen molar-refractivity contribution in [2.45, 2.75) is 13.3 Å². The Labute approximate surface area is 83.3 Å². The molecule has 1 aromatic heterocycles. The van der Waals surface area contributed by atoms with E-state index in [4.69, 9.17) is 6.42 Å². The molecule has 0 saturated carbocycles. The van der Waals surface area contributed by atoms with Crippen LogP contribution in [0.5, 0.6) is 0 Å². The van der Waals surface area contributed by atoms with Crippen LogP contribution in [0, 0.1) is 19.3 Å². The minimum absolute atomic E-state index is 0.136. The van der Waals surface area contributed by atoms with Crippen LogP contribution in [-0.4, -0.2) is 22.2 Å². The van der Waals surface area contributed by atoms with Gasteiger partial charge in [-0.05, 0) is 13.0 Å². The van der Waals surface area contributed by atoms with Gasteiger partial charge in [0, 0.05) is 20.0 Å². The minimum Gasteiger partial charge on any atom is -0.350 e. The lowest BCUT2D eigenvalue weighted by atomic mass is 10.3. The molecule has 1 heterocycles. The number of amides is 1. The second-order valence-electron chi connectivity index (χ2n) is 3.00. The maximum Gasteiger partial charge on any atom is 0.269 e. The molecule has 0 aliphatic rings. The number of carbonyl (C=O) groups is 1. The lowest BCUT2D eigenvalue weighted by molar-refractivity contribution is 0.0945. The van der Waals surface area contributed by atoms with E-state index in [0.29, 0.717) is 18.7 Å². The molecule has 0 radical (unpaired) electrons. The van der Waals surface area contributed by atoms with Crippen LogP contribution in [0.2, 0.25) is 0 Å². The van der Waals surface area contributed by atoms with Crippen LogP contribution in [0.1, 0.15) is 22.6 Å². The summed E-state index contributed by atoms with van der Waals surface area (Å²) in [6.45, 7) is 2.35. The summed E-state index contributed by atoms with van der Waals surface area (Å²) < 4.78 is 1.56. The molecule has 1 N–H and O–H groups in total. The number of nitrogens with one attached hydrogen (secondary N) is 1. The molecular weight excluding hydrogens is 178 g/mol. The third kappa shape index (κ3) is 2.36. The molecular formula is C10H13N3O. The van der Waals surface area contributed by atoms with Gasteiger partial charge in [-0.2, -0.15) is 5.10 Å². The van der Waals surface area contributed by atoms with E-state index in [1.807, 2.05) is 6.92 Å². The first kappa shape index (κ1) is 10.3. The predicted molar refractivity (Wildman–Crippen MR) is 53.7 cm³/mol. The largest absolute Gasteiger partial charge is 0.350 e. The van der Waals surface area contributed by atoms with Gasteiger partial charge in [0.25, 0.3) is 5.91 Å². The van der Waals surface area contributed by atoms with E-state index >= 15 is 0 Å². The lowest BCUT2D eigenvalue weighted by Crippen LogP contribution is -2.26. The van der Waals surface area contributed by atoms with E-state index in [1.54, 1.807) is 17.8 Å². The number of hydrogen-bond donors (Lipinski definition) is 1.